The number of phenolic OH excluding ortho intramolecular Hbond substituents is 1. The Morgan fingerprint density at radius 3 is 2.41 bits per heavy atom. The van der Waals surface area contributed by atoms with Crippen molar-refractivity contribution in [3.63, 3.8) is 0 Å². The van der Waals surface area contributed by atoms with Gasteiger partial charge in [0.25, 0.3) is 0 Å². The van der Waals surface area contributed by atoms with Gasteiger partial charge in [-0.2, -0.15) is 13.2 Å². The van der Waals surface area contributed by atoms with Crippen LogP contribution in [0.4, 0.5) is 18.9 Å². The smallest absolute Gasteiger partial charge is 0.416 e. The first-order valence-corrected chi connectivity index (χ1v) is 6.80. The van der Waals surface area contributed by atoms with Gasteiger partial charge in [0.1, 0.15) is 11.9 Å². The van der Waals surface area contributed by atoms with Crippen molar-refractivity contribution in [1.82, 2.24) is 0 Å². The van der Waals surface area contributed by atoms with E-state index < -0.39 is 18.0 Å². The Morgan fingerprint density at radius 2 is 1.77 bits per heavy atom. The van der Waals surface area contributed by atoms with E-state index in [1.54, 1.807) is 12.1 Å². The van der Waals surface area contributed by atoms with E-state index in [4.69, 9.17) is 16.3 Å². The molecule has 0 amide bonds. The van der Waals surface area contributed by atoms with E-state index >= 15 is 0 Å². The molecule has 2 aromatic carbocycles. The minimum Gasteiger partial charge on any atom is -0.508 e. The summed E-state index contributed by atoms with van der Waals surface area (Å²) < 4.78 is 42.8. The number of benzene rings is 2. The number of rotatable bonds is 3. The molecule has 0 aromatic heterocycles. The Kier molecular flexibility index (Phi) is 3.66. The summed E-state index contributed by atoms with van der Waals surface area (Å²) in [5.41, 5.74) is 0.331. The molecule has 1 aliphatic rings. The molecule has 1 aliphatic heterocycles. The van der Waals surface area contributed by atoms with Gasteiger partial charge in [-0.05, 0) is 42.5 Å². The first kappa shape index (κ1) is 15.0. The lowest BCUT2D eigenvalue weighted by Crippen LogP contribution is -2.07. The van der Waals surface area contributed by atoms with E-state index in [2.05, 4.69) is 5.32 Å². The van der Waals surface area contributed by atoms with Crippen LogP contribution in [0.15, 0.2) is 42.5 Å². The van der Waals surface area contributed by atoms with Crippen molar-refractivity contribution in [2.75, 3.05) is 5.32 Å². The maximum absolute atomic E-state index is 12.5. The molecule has 1 fully saturated rings. The Labute approximate surface area is 129 Å². The molecule has 0 spiro atoms. The normalized spacial score (nSPS) is 20.7. The van der Waals surface area contributed by atoms with Gasteiger partial charge < -0.3 is 15.2 Å². The third-order valence-electron chi connectivity index (χ3n) is 3.31. The van der Waals surface area contributed by atoms with Crippen molar-refractivity contribution in [3.05, 3.63) is 58.6 Å². The molecule has 0 radical (unpaired) electrons. The van der Waals surface area contributed by atoms with E-state index in [1.807, 2.05) is 0 Å². The molecule has 22 heavy (non-hydrogen) atoms. The quantitative estimate of drug-likeness (QED) is 0.810. The lowest BCUT2D eigenvalue weighted by atomic mass is 10.1. The van der Waals surface area contributed by atoms with E-state index in [1.165, 1.54) is 18.2 Å². The van der Waals surface area contributed by atoms with Crippen molar-refractivity contribution in [2.24, 2.45) is 0 Å². The Hall–Kier alpha value is -1.92. The van der Waals surface area contributed by atoms with Crippen molar-refractivity contribution in [1.29, 1.82) is 0 Å². The first-order valence-electron chi connectivity index (χ1n) is 6.42. The van der Waals surface area contributed by atoms with Gasteiger partial charge in [0.05, 0.1) is 5.56 Å². The van der Waals surface area contributed by atoms with Crippen LogP contribution >= 0.6 is 11.6 Å². The highest BCUT2D eigenvalue weighted by Gasteiger charge is 2.42. The number of phenols is 1. The molecular weight excluding hydrogens is 319 g/mol. The van der Waals surface area contributed by atoms with Gasteiger partial charge >= 0.3 is 6.18 Å². The fourth-order valence-corrected chi connectivity index (χ4v) is 2.31. The molecule has 2 N–H and O–H groups in total. The van der Waals surface area contributed by atoms with Gasteiger partial charge in [0.2, 0.25) is 0 Å². The number of ether oxygens (including phenoxy) is 1. The predicted octanol–water partition coefficient (Wildman–Crippen LogP) is 4.57. The van der Waals surface area contributed by atoms with Crippen LogP contribution in [-0.4, -0.2) is 11.3 Å². The van der Waals surface area contributed by atoms with E-state index in [9.17, 15) is 18.3 Å². The van der Waals surface area contributed by atoms with Crippen molar-refractivity contribution < 1.29 is 23.0 Å². The van der Waals surface area contributed by atoms with Crippen LogP contribution in [0.3, 0.4) is 0 Å². The molecule has 1 saturated heterocycles. The first-order chi connectivity index (χ1) is 10.3. The topological polar surface area (TPSA) is 44.8 Å². The maximum atomic E-state index is 12.5. The molecule has 2 atom stereocenters. The van der Waals surface area contributed by atoms with Crippen LogP contribution in [0, 0.1) is 0 Å². The maximum Gasteiger partial charge on any atom is 0.416 e. The highest BCUT2D eigenvalue weighted by Crippen LogP contribution is 2.43. The summed E-state index contributed by atoms with van der Waals surface area (Å²) in [7, 11) is 0. The van der Waals surface area contributed by atoms with Gasteiger partial charge in [0.15, 0.2) is 6.23 Å². The molecule has 7 heteroatoms. The molecule has 116 valence electrons. The van der Waals surface area contributed by atoms with Crippen LogP contribution in [0.5, 0.6) is 5.75 Å². The van der Waals surface area contributed by atoms with E-state index in [-0.39, 0.29) is 11.9 Å². The van der Waals surface area contributed by atoms with Crippen LogP contribution in [0.25, 0.3) is 0 Å². The lowest BCUT2D eigenvalue weighted by Gasteiger charge is -2.08. The zero-order valence-corrected chi connectivity index (χ0v) is 11.8. The fraction of sp³-hybridized carbons (Fsp3) is 0.200. The number of anilines is 1. The van der Waals surface area contributed by atoms with Gasteiger partial charge in [-0.3, -0.25) is 0 Å². The monoisotopic (exact) mass is 329 g/mol. The van der Waals surface area contributed by atoms with Gasteiger partial charge in [-0.25, -0.2) is 0 Å². The molecule has 2 unspecified atom stereocenters. The number of halogens is 4. The second-order valence-electron chi connectivity index (χ2n) is 4.90. The van der Waals surface area contributed by atoms with E-state index in [0.717, 1.165) is 12.1 Å². The third-order valence-corrected chi connectivity index (χ3v) is 3.54. The minimum absolute atomic E-state index is 0.0612. The Balaban J connectivity index is 1.67. The number of epoxide rings is 1. The average Bonchev–Trinajstić information content (AvgIpc) is 3.20. The Bertz CT molecular complexity index is 688. The summed E-state index contributed by atoms with van der Waals surface area (Å²) in [6, 6.07) is 9.28. The van der Waals surface area contributed by atoms with Crippen molar-refractivity contribution >= 4 is 17.3 Å². The van der Waals surface area contributed by atoms with Crippen LogP contribution in [-0.2, 0) is 10.9 Å². The summed E-state index contributed by atoms with van der Waals surface area (Å²) in [5.74, 6) is 0.0612. The highest BCUT2D eigenvalue weighted by atomic mass is 35.5. The zero-order chi connectivity index (χ0) is 15.9. The third kappa shape index (κ3) is 3.13. The number of hydrogen-bond donors (Lipinski definition) is 2. The molecule has 0 aliphatic carbocycles. The molecule has 1 heterocycles. The summed E-state index contributed by atoms with van der Waals surface area (Å²) in [4.78, 5) is 0. The molecule has 0 bridgehead atoms. The van der Waals surface area contributed by atoms with Gasteiger partial charge in [-0.15, -0.1) is 0 Å². The summed E-state index contributed by atoms with van der Waals surface area (Å²) >= 11 is 5.86. The molecule has 0 saturated carbocycles. The molecule has 3 rings (SSSR count). The van der Waals surface area contributed by atoms with Crippen LogP contribution in [0.2, 0.25) is 5.02 Å². The van der Waals surface area contributed by atoms with Crippen LogP contribution < -0.4 is 5.32 Å². The van der Waals surface area contributed by atoms with E-state index in [0.29, 0.717) is 16.3 Å². The summed E-state index contributed by atoms with van der Waals surface area (Å²) in [6.07, 6.45) is -5.16. The standard InChI is InChI=1S/C15H11ClF3NO2/c16-9-3-6-12(21)11(7-9)13-14(22-13)20-10-4-1-8(2-5-10)15(17,18)19/h1-7,13-14,20-21H. The molecular formula is C15H11ClF3NO2. The Morgan fingerprint density at radius 1 is 1.09 bits per heavy atom. The summed E-state index contributed by atoms with van der Waals surface area (Å²) in [5, 5.41) is 13.2. The fourth-order valence-electron chi connectivity index (χ4n) is 2.13. The number of alkyl halides is 3. The molecule has 3 nitrogen and oxygen atoms in total. The number of nitrogens with one attached hydrogen (secondary N) is 1. The lowest BCUT2D eigenvalue weighted by molar-refractivity contribution is -0.137. The zero-order valence-electron chi connectivity index (χ0n) is 11.1. The average molecular weight is 330 g/mol. The number of aromatic hydroxyl groups is 1. The SMILES string of the molecule is Oc1ccc(Cl)cc1C1OC1Nc1ccc(C(F)(F)F)cc1. The summed E-state index contributed by atoms with van der Waals surface area (Å²) in [6.45, 7) is 0. The second-order valence-corrected chi connectivity index (χ2v) is 5.34. The number of hydrogen-bond acceptors (Lipinski definition) is 3. The van der Waals surface area contributed by atoms with Crippen molar-refractivity contribution in [3.8, 4) is 5.75 Å². The minimum atomic E-state index is -4.36. The highest BCUT2D eigenvalue weighted by molar-refractivity contribution is 6.30. The van der Waals surface area contributed by atoms with Crippen LogP contribution in [0.1, 0.15) is 17.2 Å². The van der Waals surface area contributed by atoms with Crippen molar-refractivity contribution in [2.45, 2.75) is 18.5 Å². The van der Waals surface area contributed by atoms with Gasteiger partial charge in [0, 0.05) is 16.3 Å². The second kappa shape index (κ2) is 5.37. The van der Waals surface area contributed by atoms with Gasteiger partial charge in [-0.1, -0.05) is 11.6 Å². The predicted molar refractivity (Wildman–Crippen MR) is 75.8 cm³/mol. The largest absolute Gasteiger partial charge is 0.508 e. The molecule has 2 aromatic rings.